The van der Waals surface area contributed by atoms with Crippen LogP contribution >= 0.6 is 48.0 Å². The molecule has 2 aromatic rings. The zero-order valence-corrected chi connectivity index (χ0v) is 19.3. The normalized spacial score (nSPS) is 13.8. The molecule has 0 unspecified atom stereocenters. The van der Waals surface area contributed by atoms with E-state index in [2.05, 4.69) is 9.80 Å². The molecule has 0 spiro atoms. The standard InChI is InChI=1S/C19H19Cl2N3O5.2ClH/c20-14-2-1-13(11-15(14)21)23-7-5-22(6-8-23)4-3-17(25)12-9-16(24(28)29)19(27)18(26)10-12;;/h1-2,9-11,26-27H,3-8H2;2*1H. The van der Waals surface area contributed by atoms with E-state index in [0.29, 0.717) is 16.6 Å². The number of nitro groups is 1. The van der Waals surface area contributed by atoms with Crippen molar-refractivity contribution in [2.24, 2.45) is 0 Å². The van der Waals surface area contributed by atoms with Gasteiger partial charge in [0.05, 0.1) is 15.0 Å². The van der Waals surface area contributed by atoms with Gasteiger partial charge in [0.15, 0.2) is 11.5 Å². The molecule has 0 atom stereocenters. The SMILES string of the molecule is Cl.Cl.O=C(CCN1CCN(c2ccc(Cl)c(Cl)c2)CC1)c1cc(O)c(O)c([N+](=O)[O-])c1. The van der Waals surface area contributed by atoms with Crippen LogP contribution in [0.25, 0.3) is 0 Å². The Hall–Kier alpha value is -1.97. The second-order valence-corrected chi connectivity index (χ2v) is 7.53. The summed E-state index contributed by atoms with van der Waals surface area (Å²) in [7, 11) is 0. The summed E-state index contributed by atoms with van der Waals surface area (Å²) in [5, 5.41) is 31.1. The number of Topliss-reactive ketones (excluding diaryl/α,β-unsaturated/α-hetero) is 1. The molecule has 0 aromatic heterocycles. The predicted octanol–water partition coefficient (Wildman–Crippen LogP) is 4.55. The fourth-order valence-corrected chi connectivity index (χ4v) is 3.51. The number of ketones is 1. The van der Waals surface area contributed by atoms with E-state index in [1.807, 2.05) is 12.1 Å². The van der Waals surface area contributed by atoms with Crippen LogP contribution in [-0.2, 0) is 0 Å². The molecule has 1 heterocycles. The fourth-order valence-electron chi connectivity index (χ4n) is 3.22. The van der Waals surface area contributed by atoms with E-state index in [1.54, 1.807) is 6.07 Å². The number of benzene rings is 2. The summed E-state index contributed by atoms with van der Waals surface area (Å²) in [5.74, 6) is -1.86. The maximum Gasteiger partial charge on any atom is 0.315 e. The summed E-state index contributed by atoms with van der Waals surface area (Å²) in [6.07, 6.45) is 0.147. The van der Waals surface area contributed by atoms with Crippen LogP contribution in [0.15, 0.2) is 30.3 Å². The van der Waals surface area contributed by atoms with Crippen molar-refractivity contribution < 1.29 is 19.9 Å². The number of anilines is 1. The van der Waals surface area contributed by atoms with Crippen LogP contribution in [0, 0.1) is 10.1 Å². The monoisotopic (exact) mass is 511 g/mol. The average molecular weight is 513 g/mol. The number of nitro benzene ring substituents is 1. The van der Waals surface area contributed by atoms with E-state index in [1.165, 1.54) is 0 Å². The summed E-state index contributed by atoms with van der Waals surface area (Å²) < 4.78 is 0. The first kappa shape index (κ1) is 27.1. The van der Waals surface area contributed by atoms with Crippen molar-refractivity contribution >= 4 is 65.2 Å². The summed E-state index contributed by atoms with van der Waals surface area (Å²) in [4.78, 5) is 26.8. The Bertz CT molecular complexity index is 952. The van der Waals surface area contributed by atoms with Crippen LogP contribution in [0.5, 0.6) is 11.5 Å². The van der Waals surface area contributed by atoms with Crippen LogP contribution in [0.2, 0.25) is 10.0 Å². The molecule has 0 aliphatic carbocycles. The third-order valence-electron chi connectivity index (χ3n) is 4.88. The molecule has 1 saturated heterocycles. The highest BCUT2D eigenvalue weighted by Crippen LogP contribution is 2.36. The van der Waals surface area contributed by atoms with Gasteiger partial charge in [-0.05, 0) is 24.3 Å². The first-order chi connectivity index (χ1) is 13.8. The number of nitrogens with zero attached hydrogens (tertiary/aromatic N) is 3. The minimum Gasteiger partial charge on any atom is -0.504 e. The topological polar surface area (TPSA) is 107 Å². The van der Waals surface area contributed by atoms with Crippen LogP contribution in [0.4, 0.5) is 11.4 Å². The van der Waals surface area contributed by atoms with Gasteiger partial charge in [-0.25, -0.2) is 0 Å². The van der Waals surface area contributed by atoms with E-state index < -0.39 is 22.1 Å². The molecule has 3 rings (SSSR count). The smallest absolute Gasteiger partial charge is 0.315 e. The number of aromatic hydroxyl groups is 2. The molecule has 0 saturated carbocycles. The van der Waals surface area contributed by atoms with Gasteiger partial charge in [-0.3, -0.25) is 19.8 Å². The highest BCUT2D eigenvalue weighted by Gasteiger charge is 2.23. The third kappa shape index (κ3) is 6.51. The number of hydrogen-bond donors (Lipinski definition) is 2. The molecule has 8 nitrogen and oxygen atoms in total. The van der Waals surface area contributed by atoms with E-state index in [-0.39, 0.29) is 42.6 Å². The second kappa shape index (κ2) is 11.6. The number of carbonyl (C=O) groups excluding carboxylic acids is 1. The number of carbonyl (C=O) groups is 1. The van der Waals surface area contributed by atoms with Crippen LogP contribution in [-0.4, -0.2) is 58.5 Å². The molecule has 0 amide bonds. The number of halogens is 4. The van der Waals surface area contributed by atoms with Gasteiger partial charge in [0.1, 0.15) is 0 Å². The van der Waals surface area contributed by atoms with Gasteiger partial charge in [0.25, 0.3) is 0 Å². The van der Waals surface area contributed by atoms with Gasteiger partial charge in [0, 0.05) is 56.5 Å². The summed E-state index contributed by atoms with van der Waals surface area (Å²) in [5.41, 5.74) is 0.298. The van der Waals surface area contributed by atoms with Crippen LogP contribution in [0.3, 0.4) is 0 Å². The molecule has 170 valence electrons. The number of rotatable bonds is 6. The molecule has 1 fully saturated rings. The first-order valence-corrected chi connectivity index (χ1v) is 9.68. The molecular formula is C19H21Cl4N3O5. The summed E-state index contributed by atoms with van der Waals surface area (Å²) >= 11 is 12.0. The molecule has 0 bridgehead atoms. The maximum atomic E-state index is 12.4. The molecule has 0 radical (unpaired) electrons. The van der Waals surface area contributed by atoms with Gasteiger partial charge in [-0.1, -0.05) is 23.2 Å². The molecule has 2 N–H and O–H groups in total. The van der Waals surface area contributed by atoms with Gasteiger partial charge in [-0.15, -0.1) is 24.8 Å². The van der Waals surface area contributed by atoms with Crippen molar-refractivity contribution in [1.29, 1.82) is 0 Å². The van der Waals surface area contributed by atoms with Crippen molar-refractivity contribution in [2.45, 2.75) is 6.42 Å². The minimum absolute atomic E-state index is 0. The molecule has 1 aliphatic heterocycles. The Kier molecular flexibility index (Phi) is 10.1. The Balaban J connectivity index is 0.00000240. The molecule has 1 aliphatic rings. The summed E-state index contributed by atoms with van der Waals surface area (Å²) in [6.45, 7) is 3.50. The Morgan fingerprint density at radius 2 is 1.68 bits per heavy atom. The predicted molar refractivity (Wildman–Crippen MR) is 125 cm³/mol. The lowest BCUT2D eigenvalue weighted by Gasteiger charge is -2.36. The zero-order chi connectivity index (χ0) is 21.1. The van der Waals surface area contributed by atoms with Crippen molar-refractivity contribution in [3.05, 3.63) is 56.1 Å². The van der Waals surface area contributed by atoms with Gasteiger partial charge in [0.2, 0.25) is 5.75 Å². The van der Waals surface area contributed by atoms with Crippen LogP contribution in [0.1, 0.15) is 16.8 Å². The summed E-state index contributed by atoms with van der Waals surface area (Å²) in [6, 6.07) is 7.54. The van der Waals surface area contributed by atoms with E-state index in [0.717, 1.165) is 44.0 Å². The number of hydrogen-bond acceptors (Lipinski definition) is 7. The highest BCUT2D eigenvalue weighted by molar-refractivity contribution is 6.42. The maximum absolute atomic E-state index is 12.4. The van der Waals surface area contributed by atoms with E-state index in [9.17, 15) is 25.1 Å². The van der Waals surface area contributed by atoms with Gasteiger partial charge >= 0.3 is 5.69 Å². The van der Waals surface area contributed by atoms with Gasteiger partial charge in [-0.2, -0.15) is 0 Å². The lowest BCUT2D eigenvalue weighted by Crippen LogP contribution is -2.46. The van der Waals surface area contributed by atoms with Crippen molar-refractivity contribution in [1.82, 2.24) is 4.90 Å². The third-order valence-corrected chi connectivity index (χ3v) is 5.62. The van der Waals surface area contributed by atoms with Crippen molar-refractivity contribution in [3.63, 3.8) is 0 Å². The largest absolute Gasteiger partial charge is 0.504 e. The average Bonchev–Trinajstić information content (AvgIpc) is 2.70. The molecular weight excluding hydrogens is 492 g/mol. The Labute approximate surface area is 201 Å². The fraction of sp³-hybridized carbons (Fsp3) is 0.316. The highest BCUT2D eigenvalue weighted by atomic mass is 35.5. The van der Waals surface area contributed by atoms with Crippen molar-refractivity contribution in [2.75, 3.05) is 37.6 Å². The lowest BCUT2D eigenvalue weighted by atomic mass is 10.1. The molecule has 12 heteroatoms. The Morgan fingerprint density at radius 1 is 1.03 bits per heavy atom. The second-order valence-electron chi connectivity index (χ2n) is 6.72. The molecule has 31 heavy (non-hydrogen) atoms. The Morgan fingerprint density at radius 3 is 2.26 bits per heavy atom. The first-order valence-electron chi connectivity index (χ1n) is 8.92. The van der Waals surface area contributed by atoms with E-state index >= 15 is 0 Å². The van der Waals surface area contributed by atoms with Gasteiger partial charge < -0.3 is 15.1 Å². The quantitative estimate of drug-likeness (QED) is 0.253. The number of piperazine rings is 1. The number of phenols is 2. The minimum atomic E-state index is -0.843. The lowest BCUT2D eigenvalue weighted by molar-refractivity contribution is -0.386. The zero-order valence-electron chi connectivity index (χ0n) is 16.2. The van der Waals surface area contributed by atoms with E-state index in [4.69, 9.17) is 23.2 Å². The number of phenolic OH excluding ortho intramolecular Hbond substituents is 2. The van der Waals surface area contributed by atoms with Crippen molar-refractivity contribution in [3.8, 4) is 11.5 Å². The molecule has 2 aromatic carbocycles. The van der Waals surface area contributed by atoms with Crippen LogP contribution < -0.4 is 4.90 Å².